The number of nitrogens with one attached hydrogen (secondary N) is 2. The zero-order chi connectivity index (χ0) is 19.5. The molecule has 1 heterocycles. The third kappa shape index (κ3) is 6.84. The van der Waals surface area contributed by atoms with E-state index in [0.29, 0.717) is 5.96 Å². The number of aliphatic imine (C=N–C) groups is 1. The molecule has 1 aliphatic rings. The second-order valence-corrected chi connectivity index (χ2v) is 6.70. The minimum absolute atomic E-state index is 0.0360. The fourth-order valence-corrected chi connectivity index (χ4v) is 3.13. The summed E-state index contributed by atoms with van der Waals surface area (Å²) in [6.45, 7) is 7.12. The van der Waals surface area contributed by atoms with Crippen LogP contribution in [0.5, 0.6) is 0 Å². The van der Waals surface area contributed by atoms with Gasteiger partial charge < -0.3 is 25.2 Å². The summed E-state index contributed by atoms with van der Waals surface area (Å²) in [5.74, 6) is 0.720. The summed E-state index contributed by atoms with van der Waals surface area (Å²) in [7, 11) is 3.82. The average molecular weight is 376 g/mol. The third-order valence-corrected chi connectivity index (χ3v) is 4.58. The number of ether oxygens (including phenoxy) is 1. The first-order valence-electron chi connectivity index (χ1n) is 9.73. The number of carbonyl (C=O) groups excluding carboxylic acids is 1. The van der Waals surface area contributed by atoms with Crippen molar-refractivity contribution in [3.63, 3.8) is 0 Å². The van der Waals surface area contributed by atoms with Crippen molar-refractivity contribution in [1.29, 1.82) is 0 Å². The van der Waals surface area contributed by atoms with Gasteiger partial charge in [0.25, 0.3) is 0 Å². The van der Waals surface area contributed by atoms with Crippen LogP contribution >= 0.6 is 0 Å². The molecule has 0 radical (unpaired) electrons. The Hall–Kier alpha value is -2.12. The van der Waals surface area contributed by atoms with Crippen LogP contribution in [0.25, 0.3) is 0 Å². The summed E-state index contributed by atoms with van der Waals surface area (Å²) in [6.07, 6.45) is 1.94. The van der Waals surface area contributed by atoms with Crippen molar-refractivity contribution in [3.05, 3.63) is 29.8 Å². The minimum Gasteiger partial charge on any atom is -0.385 e. The number of guanidine groups is 1. The van der Waals surface area contributed by atoms with Crippen molar-refractivity contribution in [2.75, 3.05) is 64.9 Å². The monoisotopic (exact) mass is 375 g/mol. The first kappa shape index (κ1) is 21.2. The normalized spacial score (nSPS) is 13.8. The highest BCUT2D eigenvalue weighted by molar-refractivity contribution is 5.98. The Bertz CT molecular complexity index is 620. The van der Waals surface area contributed by atoms with Gasteiger partial charge in [0.2, 0.25) is 5.91 Å². The van der Waals surface area contributed by atoms with Crippen molar-refractivity contribution in [3.8, 4) is 0 Å². The number of benzene rings is 1. The smallest absolute Gasteiger partial charge is 0.248 e. The Morgan fingerprint density at radius 3 is 2.89 bits per heavy atom. The van der Waals surface area contributed by atoms with Gasteiger partial charge in [0, 0.05) is 52.1 Å². The highest BCUT2D eigenvalue weighted by Gasteiger charge is 2.23. The van der Waals surface area contributed by atoms with Gasteiger partial charge >= 0.3 is 0 Å². The summed E-state index contributed by atoms with van der Waals surface area (Å²) in [4.78, 5) is 21.1. The number of likely N-dealkylation sites (N-methyl/N-ethyl adjacent to an activating group) is 1. The number of fused-ring (bicyclic) bond motifs is 1. The van der Waals surface area contributed by atoms with E-state index in [1.54, 1.807) is 7.11 Å². The van der Waals surface area contributed by atoms with Crippen molar-refractivity contribution in [1.82, 2.24) is 15.5 Å². The summed E-state index contributed by atoms with van der Waals surface area (Å²) in [5.41, 5.74) is 2.25. The molecule has 150 valence electrons. The predicted octanol–water partition coefficient (Wildman–Crippen LogP) is 1.10. The Morgan fingerprint density at radius 1 is 1.30 bits per heavy atom. The molecule has 7 nitrogen and oxygen atoms in total. The first-order chi connectivity index (χ1) is 13.2. The molecule has 1 aromatic rings. The lowest BCUT2D eigenvalue weighted by atomic mass is 10.2. The lowest BCUT2D eigenvalue weighted by Crippen LogP contribution is -2.42. The van der Waals surface area contributed by atoms with Crippen LogP contribution in [0.1, 0.15) is 18.9 Å². The lowest BCUT2D eigenvalue weighted by molar-refractivity contribution is -0.117. The molecule has 7 heteroatoms. The van der Waals surface area contributed by atoms with Gasteiger partial charge in [-0.2, -0.15) is 0 Å². The van der Waals surface area contributed by atoms with E-state index in [1.807, 2.05) is 30.0 Å². The minimum atomic E-state index is 0.0360. The van der Waals surface area contributed by atoms with Gasteiger partial charge in [-0.3, -0.25) is 4.79 Å². The van der Waals surface area contributed by atoms with E-state index < -0.39 is 0 Å². The highest BCUT2D eigenvalue weighted by Crippen LogP contribution is 2.27. The summed E-state index contributed by atoms with van der Waals surface area (Å²) >= 11 is 0. The van der Waals surface area contributed by atoms with Crippen molar-refractivity contribution >= 4 is 17.6 Å². The fourth-order valence-electron chi connectivity index (χ4n) is 3.13. The van der Waals surface area contributed by atoms with Crippen LogP contribution in [-0.4, -0.2) is 76.8 Å². The molecule has 1 amide bonds. The molecule has 2 rings (SSSR count). The van der Waals surface area contributed by atoms with Crippen molar-refractivity contribution < 1.29 is 9.53 Å². The molecule has 0 saturated carbocycles. The number of rotatable bonds is 10. The topological polar surface area (TPSA) is 69.2 Å². The molecular weight excluding hydrogens is 342 g/mol. The number of hydrogen-bond donors (Lipinski definition) is 2. The lowest BCUT2D eigenvalue weighted by Gasteiger charge is -2.19. The second kappa shape index (κ2) is 11.6. The second-order valence-electron chi connectivity index (χ2n) is 6.70. The number of methoxy groups -OCH3 is 1. The molecule has 0 aromatic heterocycles. The standard InChI is InChI=1S/C20H33N5O2/c1-4-21-20(22-11-14-24(2)12-7-15-27-3)23-16-19(26)25-13-10-17-8-5-6-9-18(17)25/h5-6,8-9H,4,7,10-16H2,1-3H3,(H2,21,22,23). The molecule has 0 aliphatic carbocycles. The maximum atomic E-state index is 12.6. The predicted molar refractivity (Wildman–Crippen MR) is 110 cm³/mol. The molecule has 0 unspecified atom stereocenters. The molecule has 0 bridgehead atoms. The van der Waals surface area contributed by atoms with E-state index in [1.165, 1.54) is 5.56 Å². The van der Waals surface area contributed by atoms with Gasteiger partial charge in [-0.05, 0) is 38.4 Å². The molecule has 0 fully saturated rings. The van der Waals surface area contributed by atoms with E-state index in [-0.39, 0.29) is 12.5 Å². The van der Waals surface area contributed by atoms with E-state index >= 15 is 0 Å². The number of amides is 1. The van der Waals surface area contributed by atoms with Crippen LogP contribution in [0.2, 0.25) is 0 Å². The number of nitrogens with zero attached hydrogens (tertiary/aromatic N) is 3. The van der Waals surface area contributed by atoms with Crippen molar-refractivity contribution in [2.24, 2.45) is 4.99 Å². The van der Waals surface area contributed by atoms with E-state index in [4.69, 9.17) is 4.74 Å². The van der Waals surface area contributed by atoms with Gasteiger partial charge in [-0.1, -0.05) is 18.2 Å². The summed E-state index contributed by atoms with van der Waals surface area (Å²) in [5, 5.41) is 6.51. The zero-order valence-corrected chi connectivity index (χ0v) is 16.8. The third-order valence-electron chi connectivity index (χ3n) is 4.58. The van der Waals surface area contributed by atoms with Crippen LogP contribution < -0.4 is 15.5 Å². The van der Waals surface area contributed by atoms with E-state index in [9.17, 15) is 4.79 Å². The maximum absolute atomic E-state index is 12.6. The van der Waals surface area contributed by atoms with Gasteiger partial charge in [0.15, 0.2) is 5.96 Å². The van der Waals surface area contributed by atoms with Crippen molar-refractivity contribution in [2.45, 2.75) is 19.8 Å². The quantitative estimate of drug-likeness (QED) is 0.364. The zero-order valence-electron chi connectivity index (χ0n) is 16.8. The number of hydrogen-bond acceptors (Lipinski definition) is 4. The molecule has 1 aliphatic heterocycles. The van der Waals surface area contributed by atoms with Crippen LogP contribution in [-0.2, 0) is 16.0 Å². The number of para-hydroxylation sites is 1. The number of anilines is 1. The van der Waals surface area contributed by atoms with E-state index in [0.717, 1.165) is 57.9 Å². The molecule has 0 atom stereocenters. The molecule has 0 spiro atoms. The molecular formula is C20H33N5O2. The van der Waals surface area contributed by atoms with E-state index in [2.05, 4.69) is 33.6 Å². The number of carbonyl (C=O) groups is 1. The van der Waals surface area contributed by atoms with Gasteiger partial charge in [-0.25, -0.2) is 4.99 Å². The van der Waals surface area contributed by atoms with Gasteiger partial charge in [-0.15, -0.1) is 0 Å². The Labute approximate surface area is 162 Å². The fraction of sp³-hybridized carbons (Fsp3) is 0.600. The van der Waals surface area contributed by atoms with Crippen LogP contribution in [0, 0.1) is 0 Å². The Morgan fingerprint density at radius 2 is 2.11 bits per heavy atom. The Kier molecular flexibility index (Phi) is 9.07. The first-order valence-corrected chi connectivity index (χ1v) is 9.73. The van der Waals surface area contributed by atoms with Gasteiger partial charge in [0.05, 0.1) is 0 Å². The molecule has 0 saturated heterocycles. The molecule has 2 N–H and O–H groups in total. The maximum Gasteiger partial charge on any atom is 0.248 e. The largest absolute Gasteiger partial charge is 0.385 e. The van der Waals surface area contributed by atoms with Gasteiger partial charge in [0.1, 0.15) is 6.54 Å². The summed E-state index contributed by atoms with van der Waals surface area (Å²) < 4.78 is 5.08. The highest BCUT2D eigenvalue weighted by atomic mass is 16.5. The van der Waals surface area contributed by atoms with Crippen LogP contribution in [0.4, 0.5) is 5.69 Å². The van der Waals surface area contributed by atoms with Crippen LogP contribution in [0.15, 0.2) is 29.3 Å². The average Bonchev–Trinajstić information content (AvgIpc) is 3.10. The van der Waals surface area contributed by atoms with Crippen LogP contribution in [0.3, 0.4) is 0 Å². The summed E-state index contributed by atoms with van der Waals surface area (Å²) in [6, 6.07) is 8.08. The molecule has 27 heavy (non-hydrogen) atoms. The molecule has 1 aromatic carbocycles. The Balaban J connectivity index is 1.80. The SMILES string of the molecule is CCNC(=NCC(=O)N1CCc2ccccc21)NCCN(C)CCCOC.